The molecule has 1 N–H and O–H groups in total. The highest BCUT2D eigenvalue weighted by atomic mass is 16.5. The predicted molar refractivity (Wildman–Crippen MR) is 51.1 cm³/mol. The maximum atomic E-state index is 11.2. The van der Waals surface area contributed by atoms with Crippen LogP contribution in [-0.4, -0.2) is 47.8 Å². The van der Waals surface area contributed by atoms with E-state index in [-0.39, 0.29) is 6.04 Å². The van der Waals surface area contributed by atoms with E-state index in [0.717, 1.165) is 6.54 Å². The summed E-state index contributed by atoms with van der Waals surface area (Å²) in [6.07, 6.45) is 1.17. The fourth-order valence-electron chi connectivity index (χ4n) is 2.33. The van der Waals surface area contributed by atoms with Gasteiger partial charge in [-0.05, 0) is 20.3 Å². The Hall–Kier alpha value is -0.610. The van der Waals surface area contributed by atoms with Crippen LogP contribution >= 0.6 is 0 Å². The highest BCUT2D eigenvalue weighted by molar-refractivity contribution is 5.75. The number of carboxylic acids is 1. The number of hydrogen-bond acceptors (Lipinski definition) is 3. The molecule has 4 nitrogen and oxygen atoms in total. The second-order valence-corrected chi connectivity index (χ2v) is 4.63. The van der Waals surface area contributed by atoms with Gasteiger partial charge in [-0.25, -0.2) is 0 Å². The average molecular weight is 199 g/mol. The van der Waals surface area contributed by atoms with Gasteiger partial charge in [0.1, 0.15) is 5.41 Å². The molecule has 2 aliphatic rings. The maximum Gasteiger partial charge on any atom is 0.313 e. The van der Waals surface area contributed by atoms with Crippen LogP contribution in [0.4, 0.5) is 0 Å². The van der Waals surface area contributed by atoms with E-state index in [2.05, 4.69) is 11.8 Å². The maximum absolute atomic E-state index is 11.2. The Labute approximate surface area is 83.8 Å². The molecular formula is C10H17NO3. The van der Waals surface area contributed by atoms with Crippen LogP contribution in [0.15, 0.2) is 0 Å². The van der Waals surface area contributed by atoms with Crippen LogP contribution in [0.1, 0.15) is 20.3 Å². The standard InChI is InChI=1S/C10H17NO3/c1-7-3-4-11(7)8-5-14-6-10(8,2)9(12)13/h7-8H,3-6H2,1-2H3,(H,12,13). The Bertz CT molecular complexity index is 256. The summed E-state index contributed by atoms with van der Waals surface area (Å²) in [5, 5.41) is 9.19. The van der Waals surface area contributed by atoms with E-state index in [1.165, 1.54) is 6.42 Å². The van der Waals surface area contributed by atoms with Gasteiger partial charge in [0.15, 0.2) is 0 Å². The number of likely N-dealkylation sites (tertiary alicyclic amines) is 1. The summed E-state index contributed by atoms with van der Waals surface area (Å²) in [6, 6.07) is 0.573. The molecule has 14 heavy (non-hydrogen) atoms. The minimum atomic E-state index is -0.737. The van der Waals surface area contributed by atoms with Crippen LogP contribution in [0.25, 0.3) is 0 Å². The summed E-state index contributed by atoms with van der Waals surface area (Å²) in [5.41, 5.74) is -0.714. The molecule has 2 heterocycles. The molecule has 2 fully saturated rings. The van der Waals surface area contributed by atoms with Gasteiger partial charge in [-0.15, -0.1) is 0 Å². The summed E-state index contributed by atoms with van der Waals surface area (Å²) < 4.78 is 5.32. The third-order valence-corrected chi connectivity index (χ3v) is 3.67. The van der Waals surface area contributed by atoms with Crippen molar-refractivity contribution in [3.8, 4) is 0 Å². The highest BCUT2D eigenvalue weighted by Gasteiger charge is 2.51. The van der Waals surface area contributed by atoms with Crippen molar-refractivity contribution in [2.45, 2.75) is 32.4 Å². The molecule has 0 bridgehead atoms. The van der Waals surface area contributed by atoms with Gasteiger partial charge in [0.05, 0.1) is 19.3 Å². The molecule has 0 aliphatic carbocycles. The van der Waals surface area contributed by atoms with E-state index in [1.54, 1.807) is 6.92 Å². The fourth-order valence-corrected chi connectivity index (χ4v) is 2.33. The Balaban J connectivity index is 2.14. The third kappa shape index (κ3) is 1.25. The van der Waals surface area contributed by atoms with Crippen LogP contribution in [-0.2, 0) is 9.53 Å². The number of ether oxygens (including phenoxy) is 1. The molecule has 0 saturated carbocycles. The lowest BCUT2D eigenvalue weighted by Crippen LogP contribution is -2.58. The normalized spacial score (nSPS) is 43.6. The first-order valence-corrected chi connectivity index (χ1v) is 5.12. The van der Waals surface area contributed by atoms with Crippen molar-refractivity contribution in [2.75, 3.05) is 19.8 Å². The number of rotatable bonds is 2. The number of aliphatic carboxylic acids is 1. The van der Waals surface area contributed by atoms with Crippen LogP contribution in [0, 0.1) is 5.41 Å². The quantitative estimate of drug-likeness (QED) is 0.706. The third-order valence-electron chi connectivity index (χ3n) is 3.67. The molecule has 0 amide bonds. The molecule has 3 unspecified atom stereocenters. The lowest BCUT2D eigenvalue weighted by Gasteiger charge is -2.46. The van der Waals surface area contributed by atoms with Crippen molar-refractivity contribution in [2.24, 2.45) is 5.41 Å². The Morgan fingerprint density at radius 2 is 2.36 bits per heavy atom. The number of carboxylic acid groups (broad SMARTS) is 1. The summed E-state index contributed by atoms with van der Waals surface area (Å²) in [6.45, 7) is 5.85. The van der Waals surface area contributed by atoms with Gasteiger partial charge in [0.2, 0.25) is 0 Å². The molecule has 2 aliphatic heterocycles. The molecule has 80 valence electrons. The molecule has 0 radical (unpaired) electrons. The van der Waals surface area contributed by atoms with E-state index in [4.69, 9.17) is 4.74 Å². The van der Waals surface area contributed by atoms with Crippen LogP contribution < -0.4 is 0 Å². The zero-order valence-corrected chi connectivity index (χ0v) is 8.69. The van der Waals surface area contributed by atoms with E-state index in [0.29, 0.717) is 19.3 Å². The topological polar surface area (TPSA) is 49.8 Å². The number of carbonyl (C=O) groups is 1. The highest BCUT2D eigenvalue weighted by Crippen LogP contribution is 2.36. The van der Waals surface area contributed by atoms with Crippen molar-refractivity contribution in [1.82, 2.24) is 4.90 Å². The largest absolute Gasteiger partial charge is 0.481 e. The molecule has 0 aromatic carbocycles. The van der Waals surface area contributed by atoms with Gasteiger partial charge in [0.25, 0.3) is 0 Å². The van der Waals surface area contributed by atoms with Gasteiger partial charge in [-0.3, -0.25) is 9.69 Å². The van der Waals surface area contributed by atoms with Crippen molar-refractivity contribution in [3.05, 3.63) is 0 Å². The molecule has 0 spiro atoms. The van der Waals surface area contributed by atoms with Crippen LogP contribution in [0.3, 0.4) is 0 Å². The minimum absolute atomic E-state index is 0.0590. The van der Waals surface area contributed by atoms with Crippen LogP contribution in [0.2, 0.25) is 0 Å². The molecular weight excluding hydrogens is 182 g/mol. The van der Waals surface area contributed by atoms with E-state index in [9.17, 15) is 9.90 Å². The summed E-state index contributed by atoms with van der Waals surface area (Å²) in [4.78, 5) is 13.4. The van der Waals surface area contributed by atoms with Gasteiger partial charge >= 0.3 is 5.97 Å². The van der Waals surface area contributed by atoms with Gasteiger partial charge < -0.3 is 9.84 Å². The molecule has 4 heteroatoms. The van der Waals surface area contributed by atoms with Gasteiger partial charge in [0, 0.05) is 12.6 Å². The lowest BCUT2D eigenvalue weighted by molar-refractivity contribution is -0.152. The van der Waals surface area contributed by atoms with Crippen molar-refractivity contribution in [1.29, 1.82) is 0 Å². The van der Waals surface area contributed by atoms with E-state index >= 15 is 0 Å². The lowest BCUT2D eigenvalue weighted by atomic mass is 9.82. The molecule has 2 rings (SSSR count). The first kappa shape index (κ1) is 9.93. The zero-order chi connectivity index (χ0) is 10.3. The van der Waals surface area contributed by atoms with Crippen molar-refractivity contribution in [3.63, 3.8) is 0 Å². The Morgan fingerprint density at radius 3 is 2.79 bits per heavy atom. The fraction of sp³-hybridized carbons (Fsp3) is 0.900. The number of hydrogen-bond donors (Lipinski definition) is 1. The Kier molecular flexibility index (Phi) is 2.27. The van der Waals surface area contributed by atoms with Gasteiger partial charge in [-0.2, -0.15) is 0 Å². The SMILES string of the molecule is CC1CCN1C1COCC1(C)C(=O)O. The zero-order valence-electron chi connectivity index (χ0n) is 8.69. The molecule has 2 saturated heterocycles. The predicted octanol–water partition coefficient (Wildman–Crippen LogP) is 0.570. The Morgan fingerprint density at radius 1 is 1.64 bits per heavy atom. The first-order valence-electron chi connectivity index (χ1n) is 5.12. The van der Waals surface area contributed by atoms with Gasteiger partial charge in [-0.1, -0.05) is 0 Å². The second kappa shape index (κ2) is 3.21. The van der Waals surface area contributed by atoms with E-state index in [1.807, 2.05) is 0 Å². The summed E-state index contributed by atoms with van der Waals surface area (Å²) >= 11 is 0. The summed E-state index contributed by atoms with van der Waals surface area (Å²) in [7, 11) is 0. The molecule has 3 atom stereocenters. The monoisotopic (exact) mass is 199 g/mol. The second-order valence-electron chi connectivity index (χ2n) is 4.63. The average Bonchev–Trinajstić information content (AvgIpc) is 2.47. The van der Waals surface area contributed by atoms with Crippen molar-refractivity contribution < 1.29 is 14.6 Å². The van der Waals surface area contributed by atoms with E-state index < -0.39 is 11.4 Å². The summed E-state index contributed by atoms with van der Waals surface area (Å²) in [5.74, 6) is -0.737. The molecule has 0 aromatic heterocycles. The smallest absolute Gasteiger partial charge is 0.313 e. The minimum Gasteiger partial charge on any atom is -0.481 e. The number of nitrogens with zero attached hydrogens (tertiary/aromatic N) is 1. The van der Waals surface area contributed by atoms with Crippen molar-refractivity contribution >= 4 is 5.97 Å². The molecule has 0 aromatic rings. The van der Waals surface area contributed by atoms with Crippen LogP contribution in [0.5, 0.6) is 0 Å². The first-order chi connectivity index (χ1) is 6.55.